The molecular weight excluding hydrogens is 680 g/mol. The summed E-state index contributed by atoms with van der Waals surface area (Å²) in [6.45, 7) is 5.00. The molecule has 0 saturated carbocycles. The third-order valence-corrected chi connectivity index (χ3v) is 6.03. The Kier molecular flexibility index (Phi) is 21.2. The van der Waals surface area contributed by atoms with Crippen LogP contribution in [0.15, 0.2) is 54.6 Å². The number of aliphatic hydroxyl groups excluding tert-OH is 1. The van der Waals surface area contributed by atoms with Crippen molar-refractivity contribution >= 4 is 30.0 Å². The lowest BCUT2D eigenvalue weighted by Crippen LogP contribution is -2.54. The molecule has 2 rings (SSSR count). The van der Waals surface area contributed by atoms with Gasteiger partial charge in [0.2, 0.25) is 30.0 Å². The Morgan fingerprint density at radius 2 is 1.42 bits per heavy atom. The van der Waals surface area contributed by atoms with Crippen LogP contribution in [0.3, 0.4) is 0 Å². The first-order valence-corrected chi connectivity index (χ1v) is 15.3. The van der Waals surface area contributed by atoms with Gasteiger partial charge in [-0.05, 0) is 36.1 Å². The number of benzene rings is 2. The summed E-state index contributed by atoms with van der Waals surface area (Å²) in [6.07, 6.45) is -11.4. The standard InChI is InChI=1S/C20H26F3N5O6.C9H9F3O.C3H8/c21-20(22,23)18(33)13(6-7-15(24)30)27-17(32)10-26-19(34)14(28-16(31)9-25-11-29)8-12-4-2-1-3-5-12;1-2-7-3-5-8(6-4-7)13-9(10,11)12;1-3-2/h1-5,11,13-14,18,33H,6-10H2,(H2,24,30)(H,25,29)(H,26,34)(H,27,32)(H,28,31);3-6H,2H2,1H3;3H2,1-2H3. The summed E-state index contributed by atoms with van der Waals surface area (Å²) in [7, 11) is 0. The Morgan fingerprint density at radius 3 is 1.90 bits per heavy atom. The fraction of sp³-hybridized carbons (Fsp3) is 0.469. The third kappa shape index (κ3) is 21.2. The molecule has 12 nitrogen and oxygen atoms in total. The highest BCUT2D eigenvalue weighted by Crippen LogP contribution is 2.24. The number of halogens is 6. The minimum Gasteiger partial charge on any atom is -0.406 e. The lowest BCUT2D eigenvalue weighted by atomic mass is 10.0. The largest absolute Gasteiger partial charge is 0.573 e. The Morgan fingerprint density at radius 1 is 0.860 bits per heavy atom. The van der Waals surface area contributed by atoms with Crippen molar-refractivity contribution in [2.45, 2.75) is 83.6 Å². The van der Waals surface area contributed by atoms with Crippen molar-refractivity contribution < 1.29 is 60.2 Å². The van der Waals surface area contributed by atoms with Crippen molar-refractivity contribution in [2.75, 3.05) is 13.1 Å². The molecule has 5 amide bonds. The second kappa shape index (κ2) is 23.5. The van der Waals surface area contributed by atoms with Crippen LogP contribution in [0.4, 0.5) is 26.3 Å². The summed E-state index contributed by atoms with van der Waals surface area (Å²) in [6, 6.07) is 11.3. The van der Waals surface area contributed by atoms with Crippen LogP contribution < -0.4 is 31.7 Å². The number of carbonyl (C=O) groups is 5. The topological polar surface area (TPSA) is 189 Å². The highest BCUT2D eigenvalue weighted by Gasteiger charge is 2.44. The second-order valence-electron chi connectivity index (χ2n) is 10.4. The van der Waals surface area contributed by atoms with Crippen LogP contribution in [0.25, 0.3) is 0 Å². The van der Waals surface area contributed by atoms with Crippen molar-refractivity contribution in [1.82, 2.24) is 21.3 Å². The van der Waals surface area contributed by atoms with Crippen LogP contribution in [0, 0.1) is 0 Å². The molecule has 0 radical (unpaired) electrons. The number of primary amides is 1. The molecule has 7 N–H and O–H groups in total. The zero-order valence-corrected chi connectivity index (χ0v) is 27.7. The van der Waals surface area contributed by atoms with E-state index in [0.29, 0.717) is 12.0 Å². The Labute approximate surface area is 285 Å². The van der Waals surface area contributed by atoms with E-state index in [1.54, 1.807) is 42.5 Å². The molecular formula is C32H43F6N5O7. The zero-order chi connectivity index (χ0) is 38.3. The molecule has 0 aliphatic heterocycles. The van der Waals surface area contributed by atoms with Crippen molar-refractivity contribution in [1.29, 1.82) is 0 Å². The van der Waals surface area contributed by atoms with Crippen LogP contribution in [0.5, 0.6) is 5.75 Å². The van der Waals surface area contributed by atoms with E-state index < -0.39 is 80.3 Å². The third-order valence-electron chi connectivity index (χ3n) is 6.03. The highest BCUT2D eigenvalue weighted by molar-refractivity contribution is 5.91. The predicted octanol–water partition coefficient (Wildman–Crippen LogP) is 2.81. The summed E-state index contributed by atoms with van der Waals surface area (Å²) < 4.78 is 77.4. The van der Waals surface area contributed by atoms with Crippen LogP contribution in [0.2, 0.25) is 0 Å². The van der Waals surface area contributed by atoms with Gasteiger partial charge < -0.3 is 36.8 Å². The molecule has 3 unspecified atom stereocenters. The first-order chi connectivity index (χ1) is 23.4. The predicted molar refractivity (Wildman–Crippen MR) is 170 cm³/mol. The van der Waals surface area contributed by atoms with Gasteiger partial charge in [-0.1, -0.05) is 69.7 Å². The number of hydrogen-bond acceptors (Lipinski definition) is 7. The average Bonchev–Trinajstić information content (AvgIpc) is 3.04. The van der Waals surface area contributed by atoms with Crippen LogP contribution in [-0.2, 0) is 36.8 Å². The van der Waals surface area contributed by atoms with E-state index in [9.17, 15) is 55.4 Å². The van der Waals surface area contributed by atoms with E-state index in [1.165, 1.54) is 18.6 Å². The van der Waals surface area contributed by atoms with Gasteiger partial charge in [-0.15, -0.1) is 13.2 Å². The average molecular weight is 724 g/mol. The Bertz CT molecular complexity index is 1310. The minimum atomic E-state index is -5.07. The summed E-state index contributed by atoms with van der Waals surface area (Å²) in [5, 5.41) is 18.1. The van der Waals surface area contributed by atoms with E-state index in [4.69, 9.17) is 5.73 Å². The number of amides is 5. The summed E-state index contributed by atoms with van der Waals surface area (Å²) in [4.78, 5) is 57.9. The van der Waals surface area contributed by atoms with E-state index in [2.05, 4.69) is 34.5 Å². The number of aryl methyl sites for hydroxylation is 1. The van der Waals surface area contributed by atoms with Gasteiger partial charge in [0.15, 0.2) is 6.10 Å². The first kappa shape index (κ1) is 45.1. The maximum absolute atomic E-state index is 12.9. The zero-order valence-electron chi connectivity index (χ0n) is 27.7. The molecule has 18 heteroatoms. The number of carbonyl (C=O) groups excluding carboxylic acids is 5. The monoisotopic (exact) mass is 723 g/mol. The molecule has 0 aliphatic rings. The van der Waals surface area contributed by atoms with Gasteiger partial charge in [0.25, 0.3) is 0 Å². The maximum atomic E-state index is 12.9. The van der Waals surface area contributed by atoms with Crippen molar-refractivity contribution in [3.05, 3.63) is 65.7 Å². The second-order valence-corrected chi connectivity index (χ2v) is 10.4. The lowest BCUT2D eigenvalue weighted by Gasteiger charge is -2.26. The summed E-state index contributed by atoms with van der Waals surface area (Å²) in [5.74, 6) is -3.68. The summed E-state index contributed by atoms with van der Waals surface area (Å²) in [5.41, 5.74) is 6.56. The number of ether oxygens (including phenoxy) is 1. The van der Waals surface area contributed by atoms with Gasteiger partial charge in [-0.2, -0.15) is 13.2 Å². The van der Waals surface area contributed by atoms with E-state index >= 15 is 0 Å². The molecule has 0 aliphatic carbocycles. The lowest BCUT2D eigenvalue weighted by molar-refractivity contribution is -0.274. The van der Waals surface area contributed by atoms with Crippen molar-refractivity contribution in [3.63, 3.8) is 0 Å². The fourth-order valence-electron chi connectivity index (χ4n) is 3.75. The van der Waals surface area contributed by atoms with Crippen molar-refractivity contribution in [3.8, 4) is 5.75 Å². The SMILES string of the molecule is CCC.CCc1ccc(OC(F)(F)F)cc1.NC(=O)CCC(NC(=O)CNC(=O)C(Cc1ccccc1)NC(=O)CNC=O)C(O)C(F)(F)F. The van der Waals surface area contributed by atoms with E-state index in [1.807, 2.05) is 12.2 Å². The molecule has 280 valence electrons. The van der Waals surface area contributed by atoms with Gasteiger partial charge in [-0.3, -0.25) is 24.0 Å². The summed E-state index contributed by atoms with van der Waals surface area (Å²) >= 11 is 0. The number of alkyl halides is 6. The fourth-order valence-corrected chi connectivity index (χ4v) is 3.75. The minimum absolute atomic E-state index is 0.0230. The Balaban J connectivity index is 0.00000123. The molecule has 0 heterocycles. The number of rotatable bonds is 16. The number of nitrogens with one attached hydrogen (secondary N) is 4. The van der Waals surface area contributed by atoms with E-state index in [0.717, 1.165) is 12.0 Å². The molecule has 0 spiro atoms. The highest BCUT2D eigenvalue weighted by atomic mass is 19.4. The molecule has 0 saturated heterocycles. The maximum Gasteiger partial charge on any atom is 0.573 e. The van der Waals surface area contributed by atoms with Gasteiger partial charge >= 0.3 is 12.5 Å². The van der Waals surface area contributed by atoms with Gasteiger partial charge in [0, 0.05) is 12.8 Å². The molecule has 50 heavy (non-hydrogen) atoms. The van der Waals surface area contributed by atoms with Crippen LogP contribution in [0.1, 0.15) is 51.2 Å². The first-order valence-electron chi connectivity index (χ1n) is 15.3. The quantitative estimate of drug-likeness (QED) is 0.113. The normalized spacial score (nSPS) is 12.6. The molecule has 0 fully saturated rings. The molecule has 0 bridgehead atoms. The molecule has 2 aromatic carbocycles. The number of hydrogen-bond donors (Lipinski definition) is 6. The number of nitrogens with two attached hydrogens (primary N) is 1. The van der Waals surface area contributed by atoms with Gasteiger partial charge in [0.1, 0.15) is 11.8 Å². The van der Waals surface area contributed by atoms with E-state index in [-0.39, 0.29) is 12.2 Å². The molecule has 3 atom stereocenters. The molecule has 2 aromatic rings. The van der Waals surface area contributed by atoms with Gasteiger partial charge in [-0.25, -0.2) is 0 Å². The van der Waals surface area contributed by atoms with Gasteiger partial charge in [0.05, 0.1) is 19.1 Å². The van der Waals surface area contributed by atoms with Crippen molar-refractivity contribution in [2.24, 2.45) is 5.73 Å². The molecule has 0 aromatic heterocycles. The smallest absolute Gasteiger partial charge is 0.406 e. The Hall–Kier alpha value is -4.87. The number of aliphatic hydroxyl groups is 1. The van der Waals surface area contributed by atoms with Crippen LogP contribution in [-0.4, -0.2) is 79.0 Å². The van der Waals surface area contributed by atoms with Crippen LogP contribution >= 0.6 is 0 Å².